The zero-order valence-electron chi connectivity index (χ0n) is 16.8. The van der Waals surface area contributed by atoms with Crippen molar-refractivity contribution in [2.45, 2.75) is 44.9 Å². The summed E-state index contributed by atoms with van der Waals surface area (Å²) < 4.78 is 0. The summed E-state index contributed by atoms with van der Waals surface area (Å²) in [4.78, 5) is 25.6. The lowest BCUT2D eigenvalue weighted by atomic mass is 10.1. The van der Waals surface area contributed by atoms with E-state index >= 15 is 0 Å². The van der Waals surface area contributed by atoms with E-state index in [9.17, 15) is 9.59 Å². The van der Waals surface area contributed by atoms with E-state index in [1.54, 1.807) is 34.8 Å². The molecule has 2 aromatic rings. The SMILES string of the molecule is O=C(/C=C\c1cccs1)NCCCCCCCCCNC(=O)/C=C\c1cccs1. The Morgan fingerprint density at radius 1 is 0.690 bits per heavy atom. The van der Waals surface area contributed by atoms with Crippen LogP contribution in [0.25, 0.3) is 12.2 Å². The number of rotatable bonds is 14. The number of hydrogen-bond donors (Lipinski definition) is 2. The maximum atomic E-state index is 11.7. The van der Waals surface area contributed by atoms with E-state index in [-0.39, 0.29) is 11.8 Å². The number of carbonyl (C=O) groups is 2. The predicted molar refractivity (Wildman–Crippen MR) is 125 cm³/mol. The van der Waals surface area contributed by atoms with Crippen molar-refractivity contribution < 1.29 is 9.59 Å². The van der Waals surface area contributed by atoms with E-state index in [1.165, 1.54) is 19.3 Å². The Balaban J connectivity index is 1.35. The summed E-state index contributed by atoms with van der Waals surface area (Å²) in [5, 5.41) is 9.85. The maximum absolute atomic E-state index is 11.7. The topological polar surface area (TPSA) is 58.2 Å². The molecule has 2 N–H and O–H groups in total. The molecular formula is C23H30N2O2S2. The smallest absolute Gasteiger partial charge is 0.244 e. The minimum absolute atomic E-state index is 0.0225. The van der Waals surface area contributed by atoms with Gasteiger partial charge in [-0.05, 0) is 47.9 Å². The van der Waals surface area contributed by atoms with Gasteiger partial charge in [0.2, 0.25) is 11.8 Å². The van der Waals surface area contributed by atoms with Crippen LogP contribution in [0.2, 0.25) is 0 Å². The van der Waals surface area contributed by atoms with E-state index in [4.69, 9.17) is 0 Å². The Labute approximate surface area is 181 Å². The van der Waals surface area contributed by atoms with Gasteiger partial charge in [-0.3, -0.25) is 9.59 Å². The molecule has 4 nitrogen and oxygen atoms in total. The molecule has 0 saturated heterocycles. The average Bonchev–Trinajstić information content (AvgIpc) is 3.43. The zero-order chi connectivity index (χ0) is 20.6. The number of carbonyl (C=O) groups excluding carboxylic acids is 2. The minimum atomic E-state index is -0.0225. The monoisotopic (exact) mass is 430 g/mol. The Hall–Kier alpha value is -2.18. The Morgan fingerprint density at radius 2 is 1.10 bits per heavy atom. The van der Waals surface area contributed by atoms with Crippen LogP contribution in [-0.2, 0) is 9.59 Å². The van der Waals surface area contributed by atoms with Crippen molar-refractivity contribution in [2.24, 2.45) is 0 Å². The highest BCUT2D eigenvalue weighted by molar-refractivity contribution is 7.11. The average molecular weight is 431 g/mol. The molecule has 0 aliphatic rings. The van der Waals surface area contributed by atoms with Crippen molar-refractivity contribution in [3.63, 3.8) is 0 Å². The third-order valence-corrected chi connectivity index (χ3v) is 6.01. The molecule has 29 heavy (non-hydrogen) atoms. The van der Waals surface area contributed by atoms with Gasteiger partial charge in [-0.2, -0.15) is 0 Å². The van der Waals surface area contributed by atoms with Gasteiger partial charge in [-0.15, -0.1) is 22.7 Å². The lowest BCUT2D eigenvalue weighted by Gasteiger charge is -2.04. The van der Waals surface area contributed by atoms with Gasteiger partial charge >= 0.3 is 0 Å². The van der Waals surface area contributed by atoms with Crippen LogP contribution in [0.3, 0.4) is 0 Å². The van der Waals surface area contributed by atoms with Crippen LogP contribution < -0.4 is 10.6 Å². The normalized spacial score (nSPS) is 11.3. The third-order valence-electron chi connectivity index (χ3n) is 4.34. The number of amides is 2. The van der Waals surface area contributed by atoms with Gasteiger partial charge < -0.3 is 10.6 Å². The summed E-state index contributed by atoms with van der Waals surface area (Å²) in [7, 11) is 0. The second-order valence-corrected chi connectivity index (χ2v) is 8.71. The Morgan fingerprint density at radius 3 is 1.48 bits per heavy atom. The van der Waals surface area contributed by atoms with E-state index in [1.807, 2.05) is 47.2 Å². The van der Waals surface area contributed by atoms with Crippen molar-refractivity contribution in [3.05, 3.63) is 56.9 Å². The van der Waals surface area contributed by atoms with Gasteiger partial charge in [0, 0.05) is 35.0 Å². The van der Waals surface area contributed by atoms with Crippen LogP contribution in [0.5, 0.6) is 0 Å². The molecule has 2 rings (SSSR count). The largest absolute Gasteiger partial charge is 0.353 e. The highest BCUT2D eigenvalue weighted by Crippen LogP contribution is 2.11. The summed E-state index contributed by atoms with van der Waals surface area (Å²) in [5.41, 5.74) is 0. The first-order valence-corrected chi connectivity index (χ1v) is 12.0. The van der Waals surface area contributed by atoms with Crippen LogP contribution in [0.4, 0.5) is 0 Å². The fourth-order valence-electron chi connectivity index (χ4n) is 2.76. The number of thiophene rings is 2. The van der Waals surface area contributed by atoms with Crippen molar-refractivity contribution in [1.82, 2.24) is 10.6 Å². The fraction of sp³-hybridized carbons (Fsp3) is 0.391. The van der Waals surface area contributed by atoms with Crippen LogP contribution >= 0.6 is 22.7 Å². The van der Waals surface area contributed by atoms with Gasteiger partial charge in [0.1, 0.15) is 0 Å². The maximum Gasteiger partial charge on any atom is 0.244 e. The second-order valence-electron chi connectivity index (χ2n) is 6.75. The molecule has 2 heterocycles. The molecule has 0 aromatic carbocycles. The molecule has 156 valence electrons. The van der Waals surface area contributed by atoms with Gasteiger partial charge in [0.25, 0.3) is 0 Å². The lowest BCUT2D eigenvalue weighted by molar-refractivity contribution is -0.117. The van der Waals surface area contributed by atoms with Crippen LogP contribution in [-0.4, -0.2) is 24.9 Å². The summed E-state index contributed by atoms with van der Waals surface area (Å²) >= 11 is 3.24. The summed E-state index contributed by atoms with van der Waals surface area (Å²) in [6.07, 6.45) is 14.8. The molecule has 0 bridgehead atoms. The summed E-state index contributed by atoms with van der Waals surface area (Å²) in [6, 6.07) is 7.93. The number of hydrogen-bond acceptors (Lipinski definition) is 4. The first kappa shape index (κ1) is 23.1. The standard InChI is InChI=1S/C23H30N2O2S2/c26-22(14-12-20-10-8-18-28-20)24-16-6-4-2-1-3-5-7-17-25-23(27)15-13-21-11-9-19-29-21/h8-15,18-19H,1-7,16-17H2,(H,24,26)(H,25,27)/b14-12-,15-13-. The molecule has 0 atom stereocenters. The van der Waals surface area contributed by atoms with Crippen molar-refractivity contribution >= 4 is 46.6 Å². The molecule has 0 spiro atoms. The molecule has 0 saturated carbocycles. The fourth-order valence-corrected chi connectivity index (χ4v) is 4.00. The van der Waals surface area contributed by atoms with Crippen LogP contribution in [0, 0.1) is 0 Å². The first-order valence-electron chi connectivity index (χ1n) is 10.2. The molecular weight excluding hydrogens is 400 g/mol. The summed E-state index contributed by atoms with van der Waals surface area (Å²) in [5.74, 6) is -0.0450. The Kier molecular flexibility index (Phi) is 11.8. The van der Waals surface area contributed by atoms with E-state index in [2.05, 4.69) is 10.6 Å². The van der Waals surface area contributed by atoms with Gasteiger partial charge in [-0.1, -0.05) is 44.2 Å². The van der Waals surface area contributed by atoms with Crippen LogP contribution in [0.1, 0.15) is 54.7 Å². The van der Waals surface area contributed by atoms with Gasteiger partial charge in [0.05, 0.1) is 0 Å². The molecule has 2 aromatic heterocycles. The van der Waals surface area contributed by atoms with Gasteiger partial charge in [0.15, 0.2) is 0 Å². The predicted octanol–water partition coefficient (Wildman–Crippen LogP) is 5.50. The van der Waals surface area contributed by atoms with E-state index in [0.717, 1.165) is 48.5 Å². The Bertz CT molecular complexity index is 686. The molecule has 0 unspecified atom stereocenters. The summed E-state index contributed by atoms with van der Waals surface area (Å²) in [6.45, 7) is 1.47. The van der Waals surface area contributed by atoms with Crippen molar-refractivity contribution in [1.29, 1.82) is 0 Å². The lowest BCUT2D eigenvalue weighted by Crippen LogP contribution is -2.22. The molecule has 0 aliphatic carbocycles. The molecule has 0 aliphatic heterocycles. The van der Waals surface area contributed by atoms with Crippen molar-refractivity contribution in [3.8, 4) is 0 Å². The highest BCUT2D eigenvalue weighted by Gasteiger charge is 1.98. The second kappa shape index (κ2) is 14.8. The van der Waals surface area contributed by atoms with E-state index in [0.29, 0.717) is 0 Å². The minimum Gasteiger partial charge on any atom is -0.353 e. The van der Waals surface area contributed by atoms with Crippen molar-refractivity contribution in [2.75, 3.05) is 13.1 Å². The first-order chi connectivity index (χ1) is 14.2. The van der Waals surface area contributed by atoms with Gasteiger partial charge in [-0.25, -0.2) is 0 Å². The van der Waals surface area contributed by atoms with Crippen LogP contribution in [0.15, 0.2) is 47.2 Å². The zero-order valence-corrected chi connectivity index (χ0v) is 18.4. The number of unbranched alkanes of at least 4 members (excludes halogenated alkanes) is 6. The van der Waals surface area contributed by atoms with E-state index < -0.39 is 0 Å². The molecule has 0 fully saturated rings. The third kappa shape index (κ3) is 11.4. The molecule has 2 amide bonds. The molecule has 0 radical (unpaired) electrons. The number of nitrogens with one attached hydrogen (secondary N) is 2. The highest BCUT2D eigenvalue weighted by atomic mass is 32.1. The molecule has 6 heteroatoms. The quantitative estimate of drug-likeness (QED) is 0.307.